The molecule has 2 aromatic carbocycles. The van der Waals surface area contributed by atoms with Gasteiger partial charge in [-0.15, -0.1) is 0 Å². The number of aromatic nitrogens is 2. The van der Waals surface area contributed by atoms with Crippen LogP contribution in [0.2, 0.25) is 0 Å². The lowest BCUT2D eigenvalue weighted by Gasteiger charge is -2.27. The zero-order valence-corrected chi connectivity index (χ0v) is 14.3. The molecule has 0 saturated heterocycles. The topological polar surface area (TPSA) is 73.2 Å². The van der Waals surface area contributed by atoms with Crippen molar-refractivity contribution >= 4 is 11.9 Å². The van der Waals surface area contributed by atoms with Gasteiger partial charge in [0, 0.05) is 18.0 Å². The number of amides is 1. The summed E-state index contributed by atoms with van der Waals surface area (Å²) in [5.41, 5.74) is 1.30. The highest BCUT2D eigenvalue weighted by molar-refractivity contribution is 5.97. The van der Waals surface area contributed by atoms with Crippen LogP contribution < -0.4 is 5.32 Å². The van der Waals surface area contributed by atoms with E-state index >= 15 is 0 Å². The summed E-state index contributed by atoms with van der Waals surface area (Å²) in [5.74, 6) is -0.896. The molecule has 0 aliphatic carbocycles. The predicted molar refractivity (Wildman–Crippen MR) is 96.5 cm³/mol. The predicted octanol–water partition coefficient (Wildman–Crippen LogP) is 2.44. The second-order valence-corrected chi connectivity index (χ2v) is 5.68. The summed E-state index contributed by atoms with van der Waals surface area (Å²) in [5, 5.41) is 7.06. The summed E-state index contributed by atoms with van der Waals surface area (Å²) in [6, 6.07) is 18.4. The molecule has 3 rings (SSSR count). The molecule has 2 atom stereocenters. The van der Waals surface area contributed by atoms with Crippen LogP contribution in [0.4, 0.5) is 0 Å². The Hall–Kier alpha value is -3.41. The molecule has 0 aliphatic heterocycles. The number of nitrogens with zero attached hydrogens (tertiary/aromatic N) is 2. The Morgan fingerprint density at radius 2 is 1.65 bits per heavy atom. The van der Waals surface area contributed by atoms with Crippen LogP contribution >= 0.6 is 0 Å². The monoisotopic (exact) mass is 349 g/mol. The second kappa shape index (κ2) is 8.11. The van der Waals surface area contributed by atoms with Gasteiger partial charge in [0.2, 0.25) is 0 Å². The number of rotatable bonds is 6. The fourth-order valence-corrected chi connectivity index (χ4v) is 2.80. The van der Waals surface area contributed by atoms with Crippen LogP contribution in [0.1, 0.15) is 22.0 Å². The molecule has 1 aromatic heterocycles. The average Bonchev–Trinajstić information content (AvgIpc) is 3.22. The smallest absolute Gasteiger partial charge is 0.330 e. The Morgan fingerprint density at radius 3 is 2.23 bits per heavy atom. The maximum atomic E-state index is 12.6. The van der Waals surface area contributed by atoms with Crippen molar-refractivity contribution in [2.75, 3.05) is 7.11 Å². The minimum Gasteiger partial charge on any atom is -0.467 e. The maximum absolute atomic E-state index is 12.6. The lowest BCUT2D eigenvalue weighted by Crippen LogP contribution is -2.47. The van der Waals surface area contributed by atoms with E-state index in [1.807, 2.05) is 36.4 Å². The van der Waals surface area contributed by atoms with Crippen molar-refractivity contribution < 1.29 is 14.3 Å². The zero-order valence-electron chi connectivity index (χ0n) is 14.3. The van der Waals surface area contributed by atoms with Crippen molar-refractivity contribution in [3.63, 3.8) is 0 Å². The first-order chi connectivity index (χ1) is 12.7. The highest BCUT2D eigenvalue weighted by Crippen LogP contribution is 2.23. The number of nitrogens with one attached hydrogen (secondary N) is 1. The molecule has 6 nitrogen and oxygen atoms in total. The van der Waals surface area contributed by atoms with Crippen LogP contribution in [-0.4, -0.2) is 34.8 Å². The summed E-state index contributed by atoms with van der Waals surface area (Å²) >= 11 is 0. The van der Waals surface area contributed by atoms with Crippen LogP contribution in [0.3, 0.4) is 0 Å². The molecule has 0 fully saturated rings. The van der Waals surface area contributed by atoms with Crippen LogP contribution in [0.25, 0.3) is 0 Å². The Labute approximate surface area is 151 Å². The van der Waals surface area contributed by atoms with Gasteiger partial charge in [0.1, 0.15) is 6.04 Å². The average molecular weight is 349 g/mol. The number of hydrogen-bond acceptors (Lipinski definition) is 4. The molecule has 1 heterocycles. The van der Waals surface area contributed by atoms with Gasteiger partial charge in [0.05, 0.1) is 7.11 Å². The second-order valence-electron chi connectivity index (χ2n) is 5.68. The first kappa shape index (κ1) is 17.4. The van der Waals surface area contributed by atoms with E-state index < -0.39 is 18.1 Å². The van der Waals surface area contributed by atoms with Gasteiger partial charge < -0.3 is 10.1 Å². The number of carbonyl (C=O) groups is 2. The van der Waals surface area contributed by atoms with Crippen LogP contribution in [-0.2, 0) is 9.53 Å². The van der Waals surface area contributed by atoms with E-state index in [0.29, 0.717) is 5.56 Å². The van der Waals surface area contributed by atoms with Gasteiger partial charge in [0.25, 0.3) is 5.91 Å². The lowest BCUT2D eigenvalue weighted by molar-refractivity contribution is -0.143. The number of benzene rings is 2. The van der Waals surface area contributed by atoms with Gasteiger partial charge in [0.15, 0.2) is 6.04 Å². The molecule has 1 amide bonds. The molecule has 0 unspecified atom stereocenters. The van der Waals surface area contributed by atoms with Crippen molar-refractivity contribution in [3.05, 3.63) is 90.3 Å². The van der Waals surface area contributed by atoms with Crippen molar-refractivity contribution in [1.29, 1.82) is 0 Å². The van der Waals surface area contributed by atoms with Crippen molar-refractivity contribution in [1.82, 2.24) is 15.1 Å². The highest BCUT2D eigenvalue weighted by atomic mass is 16.5. The molecule has 0 bridgehead atoms. The molecule has 1 N–H and O–H groups in total. The van der Waals surface area contributed by atoms with E-state index in [9.17, 15) is 9.59 Å². The Balaban J connectivity index is 1.98. The van der Waals surface area contributed by atoms with E-state index in [2.05, 4.69) is 10.4 Å². The van der Waals surface area contributed by atoms with Crippen molar-refractivity contribution in [3.8, 4) is 0 Å². The molecule has 0 radical (unpaired) electrons. The first-order valence-electron chi connectivity index (χ1n) is 8.18. The molecule has 132 valence electrons. The van der Waals surface area contributed by atoms with Crippen molar-refractivity contribution in [2.24, 2.45) is 0 Å². The first-order valence-corrected chi connectivity index (χ1v) is 8.18. The summed E-state index contributed by atoms with van der Waals surface area (Å²) < 4.78 is 6.60. The Bertz CT molecular complexity index is 849. The largest absolute Gasteiger partial charge is 0.467 e. The third-order valence-corrected chi connectivity index (χ3v) is 4.04. The number of esters is 1. The minimum atomic E-state index is -0.935. The van der Waals surface area contributed by atoms with E-state index in [1.54, 1.807) is 47.4 Å². The maximum Gasteiger partial charge on any atom is 0.330 e. The standard InChI is InChI=1S/C20H19N3O3/c1-26-20(25)17(22-19(24)16-11-6-3-7-12-16)18(23-14-8-13-21-23)15-9-4-2-5-10-15/h2-14,17-18H,1H3,(H,22,24)/t17-,18-/m1/s1. The normalized spacial score (nSPS) is 12.8. The van der Waals surface area contributed by atoms with Gasteiger partial charge in [-0.25, -0.2) is 4.79 Å². The summed E-state index contributed by atoms with van der Waals surface area (Å²) in [6.07, 6.45) is 3.38. The van der Waals surface area contributed by atoms with Crippen LogP contribution in [0.15, 0.2) is 79.1 Å². The summed E-state index contributed by atoms with van der Waals surface area (Å²) in [4.78, 5) is 25.1. The Morgan fingerprint density at radius 1 is 1.00 bits per heavy atom. The number of ether oxygens (including phenoxy) is 1. The van der Waals surface area contributed by atoms with E-state index in [0.717, 1.165) is 5.56 Å². The van der Waals surface area contributed by atoms with Gasteiger partial charge in [-0.2, -0.15) is 5.10 Å². The molecular weight excluding hydrogens is 330 g/mol. The quantitative estimate of drug-likeness (QED) is 0.694. The van der Waals surface area contributed by atoms with Crippen molar-refractivity contribution in [2.45, 2.75) is 12.1 Å². The minimum absolute atomic E-state index is 0.353. The molecular formula is C20H19N3O3. The van der Waals surface area contributed by atoms with E-state index in [-0.39, 0.29) is 5.91 Å². The van der Waals surface area contributed by atoms with Crippen LogP contribution in [0, 0.1) is 0 Å². The van der Waals surface area contributed by atoms with Gasteiger partial charge in [-0.05, 0) is 23.8 Å². The van der Waals surface area contributed by atoms with E-state index in [4.69, 9.17) is 4.74 Å². The summed E-state index contributed by atoms with van der Waals surface area (Å²) in [6.45, 7) is 0. The van der Waals surface area contributed by atoms with E-state index in [1.165, 1.54) is 7.11 Å². The fraction of sp³-hybridized carbons (Fsp3) is 0.150. The lowest BCUT2D eigenvalue weighted by atomic mass is 9.98. The third-order valence-electron chi connectivity index (χ3n) is 4.04. The molecule has 0 aliphatic rings. The SMILES string of the molecule is COC(=O)[C@H](NC(=O)c1ccccc1)[C@@H](c1ccccc1)n1cccn1. The molecule has 26 heavy (non-hydrogen) atoms. The van der Waals surface area contributed by atoms with Gasteiger partial charge >= 0.3 is 5.97 Å². The Kier molecular flexibility index (Phi) is 5.43. The van der Waals surface area contributed by atoms with Gasteiger partial charge in [-0.1, -0.05) is 48.5 Å². The number of carbonyl (C=O) groups excluding carboxylic acids is 2. The third kappa shape index (κ3) is 3.80. The fourth-order valence-electron chi connectivity index (χ4n) is 2.80. The molecule has 3 aromatic rings. The van der Waals surface area contributed by atoms with Crippen LogP contribution in [0.5, 0.6) is 0 Å². The molecule has 6 heteroatoms. The highest BCUT2D eigenvalue weighted by Gasteiger charge is 2.34. The number of hydrogen-bond donors (Lipinski definition) is 1. The van der Waals surface area contributed by atoms with Gasteiger partial charge in [-0.3, -0.25) is 9.48 Å². The summed E-state index contributed by atoms with van der Waals surface area (Å²) in [7, 11) is 1.30. The molecule has 0 spiro atoms. The zero-order chi connectivity index (χ0) is 18.4. The molecule has 0 saturated carbocycles. The number of methoxy groups -OCH3 is 1.